The zero-order valence-corrected chi connectivity index (χ0v) is 37.7. The van der Waals surface area contributed by atoms with Crippen molar-refractivity contribution >= 4 is 25.8 Å². The molecule has 0 N–H and O–H groups in total. The van der Waals surface area contributed by atoms with Gasteiger partial charge in [-0.3, -0.25) is 0 Å². The highest BCUT2D eigenvalue weighted by atomic mass is 31.2. The fourth-order valence-electron chi connectivity index (χ4n) is 13.7. The van der Waals surface area contributed by atoms with Gasteiger partial charge in [-0.05, 0) is 166 Å². The molecule has 2 aromatic rings. The average molecular weight is 748 g/mol. The van der Waals surface area contributed by atoms with Crippen LogP contribution in [0, 0.1) is 45.4 Å². The van der Waals surface area contributed by atoms with Gasteiger partial charge in [-0.15, -0.1) is 0 Å². The van der Waals surface area contributed by atoms with Gasteiger partial charge in [0, 0.05) is 11.5 Å². The predicted octanol–water partition coefficient (Wildman–Crippen LogP) is 13.6. The van der Waals surface area contributed by atoms with Gasteiger partial charge in [-0.2, -0.15) is 0 Å². The maximum Gasteiger partial charge on any atom is 0.125 e. The second kappa shape index (κ2) is 15.8. The van der Waals surface area contributed by atoms with Crippen molar-refractivity contribution in [3.63, 3.8) is 0 Å². The molecule has 3 fully saturated rings. The minimum atomic E-state index is -2.01. The van der Waals surface area contributed by atoms with E-state index in [9.17, 15) is 0 Å². The Kier molecular flexibility index (Phi) is 12.3. The monoisotopic (exact) mass is 748 g/mol. The maximum atomic E-state index is 6.36. The molecule has 290 valence electrons. The molecule has 4 bridgehead atoms. The van der Waals surface area contributed by atoms with E-state index in [1.165, 1.54) is 112 Å². The molecule has 6 rings (SSSR count). The van der Waals surface area contributed by atoms with Gasteiger partial charge in [0.2, 0.25) is 0 Å². The maximum absolute atomic E-state index is 6.36. The van der Waals surface area contributed by atoms with Gasteiger partial charge in [0.15, 0.2) is 0 Å². The normalized spacial score (nSPS) is 30.7. The van der Waals surface area contributed by atoms with Gasteiger partial charge in [-0.1, -0.05) is 82.1 Å². The number of aryl methyl sites for hydroxylation is 3. The first kappa shape index (κ1) is 40.6. The van der Waals surface area contributed by atoms with Crippen LogP contribution < -0.4 is 20.1 Å². The van der Waals surface area contributed by atoms with Crippen molar-refractivity contribution in [2.75, 3.05) is 14.2 Å². The lowest BCUT2D eigenvalue weighted by Gasteiger charge is -2.50. The van der Waals surface area contributed by atoms with Crippen molar-refractivity contribution in [1.29, 1.82) is 0 Å². The topological polar surface area (TPSA) is 18.5 Å². The zero-order valence-electron chi connectivity index (χ0n) is 35.9. The Balaban J connectivity index is 1.74. The lowest BCUT2D eigenvalue weighted by molar-refractivity contribution is 0.274. The first-order chi connectivity index (χ1) is 24.5. The van der Waals surface area contributed by atoms with Crippen LogP contribution in [-0.4, -0.2) is 41.5 Å². The highest BCUT2D eigenvalue weighted by molar-refractivity contribution is 7.90. The molecule has 2 nitrogen and oxygen atoms in total. The molecule has 0 spiro atoms. The van der Waals surface area contributed by atoms with Crippen molar-refractivity contribution in [3.05, 3.63) is 46.0 Å². The molecule has 3 saturated carbocycles. The summed E-state index contributed by atoms with van der Waals surface area (Å²) < 4.78 is 12.5. The summed E-state index contributed by atoms with van der Waals surface area (Å²) in [5.74, 6) is 5.46. The summed E-state index contributed by atoms with van der Waals surface area (Å²) in [5, 5.41) is 4.19. The van der Waals surface area contributed by atoms with Crippen LogP contribution in [0.5, 0.6) is 11.5 Å². The van der Waals surface area contributed by atoms with E-state index in [4.69, 9.17) is 9.47 Å². The molecule has 0 saturated heterocycles. The quantitative estimate of drug-likeness (QED) is 0.274. The summed E-state index contributed by atoms with van der Waals surface area (Å²) >= 11 is 0. The smallest absolute Gasteiger partial charge is 0.125 e. The minimum absolute atomic E-state index is 0.237. The molecular formula is C48H77O2P2+. The number of ether oxygens (including phenoxy) is 2. The fraction of sp³-hybridized carbons (Fsp3) is 0.750. The molecular weight excluding hydrogens is 670 g/mol. The molecule has 1 aliphatic heterocycles. The molecule has 52 heavy (non-hydrogen) atoms. The van der Waals surface area contributed by atoms with Crippen LogP contribution in [0.2, 0.25) is 0 Å². The molecule has 1 heterocycles. The van der Waals surface area contributed by atoms with Gasteiger partial charge < -0.3 is 9.47 Å². The third-order valence-electron chi connectivity index (χ3n) is 14.8. The number of rotatable bonds is 6. The molecule has 0 amide bonds. The molecule has 5 unspecified atom stereocenters. The van der Waals surface area contributed by atoms with Crippen molar-refractivity contribution in [1.82, 2.24) is 0 Å². The number of hydrogen-bond donors (Lipinski definition) is 0. The average Bonchev–Trinajstić information content (AvgIpc) is 3.73. The summed E-state index contributed by atoms with van der Waals surface area (Å²) in [4.78, 5) is 0. The van der Waals surface area contributed by atoms with Crippen LogP contribution in [0.1, 0.15) is 172 Å². The molecule has 0 aromatic heterocycles. The summed E-state index contributed by atoms with van der Waals surface area (Å²) in [6.07, 6.45) is 19.7. The van der Waals surface area contributed by atoms with E-state index in [1.807, 2.05) is 19.5 Å². The third kappa shape index (κ3) is 7.31. The summed E-state index contributed by atoms with van der Waals surface area (Å²) in [5.41, 5.74) is 9.45. The van der Waals surface area contributed by atoms with E-state index in [2.05, 4.69) is 94.4 Å². The minimum Gasteiger partial charge on any atom is -0.496 e. The Morgan fingerprint density at radius 3 is 1.87 bits per heavy atom. The second-order valence-corrected chi connectivity index (χ2v) is 28.2. The number of hydrogen-bond acceptors (Lipinski definition) is 2. The van der Waals surface area contributed by atoms with Gasteiger partial charge in [0.25, 0.3) is 0 Å². The van der Waals surface area contributed by atoms with E-state index in [-0.39, 0.29) is 7.92 Å². The molecule has 4 heteroatoms. The van der Waals surface area contributed by atoms with Gasteiger partial charge >= 0.3 is 0 Å². The van der Waals surface area contributed by atoms with E-state index in [1.54, 1.807) is 10.9 Å². The molecule has 2 aromatic carbocycles. The highest BCUT2D eigenvalue weighted by Crippen LogP contribution is 2.76. The summed E-state index contributed by atoms with van der Waals surface area (Å²) in [6, 6.07) is 8.15. The zero-order chi connectivity index (χ0) is 37.7. The van der Waals surface area contributed by atoms with E-state index < -0.39 is 7.26 Å². The Labute approximate surface area is 322 Å². The highest BCUT2D eigenvalue weighted by Gasteiger charge is 2.62. The lowest BCUT2D eigenvalue weighted by Crippen LogP contribution is -2.45. The summed E-state index contributed by atoms with van der Waals surface area (Å²) in [7, 11) is 1.57. The van der Waals surface area contributed by atoms with Crippen molar-refractivity contribution in [2.24, 2.45) is 17.8 Å². The van der Waals surface area contributed by atoms with Gasteiger partial charge in [0.1, 0.15) is 22.1 Å². The number of fused-ring (bicyclic) bond motifs is 9. The van der Waals surface area contributed by atoms with Crippen LogP contribution >= 0.6 is 15.2 Å². The summed E-state index contributed by atoms with van der Waals surface area (Å²) in [6.45, 7) is 27.7. The molecule has 3 aliphatic carbocycles. The largest absolute Gasteiger partial charge is 0.496 e. The van der Waals surface area contributed by atoms with Crippen molar-refractivity contribution < 1.29 is 9.47 Å². The van der Waals surface area contributed by atoms with E-state index >= 15 is 0 Å². The van der Waals surface area contributed by atoms with Crippen molar-refractivity contribution in [3.8, 4) is 11.5 Å². The molecule has 4 aliphatic rings. The lowest BCUT2D eigenvalue weighted by atomic mass is 9.80. The van der Waals surface area contributed by atoms with Crippen LogP contribution in [0.15, 0.2) is 18.2 Å². The van der Waals surface area contributed by atoms with Crippen molar-refractivity contribution in [2.45, 2.75) is 199 Å². The Bertz CT molecular complexity index is 1530. The Morgan fingerprint density at radius 1 is 0.654 bits per heavy atom. The van der Waals surface area contributed by atoms with Gasteiger partial charge in [-0.25, -0.2) is 0 Å². The number of methoxy groups -OCH3 is 2. The standard InChI is InChI=1S/C48H77O2P2/c1-31-27-40(28-32(2)45(31)49-12)52(42-24-18-23-41(42)35(5)51(47(6,7)8)48(9,10)11)39-21-16-14-15-19-36(20-17-22-39)37-25-26-38(30-37)44-34(4)46(50-13)33(3)29-43(44)52/h27-29,35-39,41-42H,14-26,30H2,1-13H3/q+1/t35?,36?,37?,38-,39?,41+,42+,52?/m1/s1. The van der Waals surface area contributed by atoms with Crippen LogP contribution in [0.3, 0.4) is 0 Å². The van der Waals surface area contributed by atoms with Gasteiger partial charge in [0.05, 0.1) is 32.8 Å². The van der Waals surface area contributed by atoms with Crippen LogP contribution in [0.4, 0.5) is 0 Å². The molecule has 8 atom stereocenters. The SMILES string of the molecule is COc1c(C)cc([P+]2([C@H]3CCC[C@H]3C(C)P(C(C)(C)C)C(C)(C)C)c3cc(C)c(OC)c(C)c3[C@@H]3CCC(C3)C3CCCCCC2CCC3)cc1C. The van der Waals surface area contributed by atoms with Crippen LogP contribution in [-0.2, 0) is 0 Å². The van der Waals surface area contributed by atoms with E-state index in [0.29, 0.717) is 16.2 Å². The van der Waals surface area contributed by atoms with Crippen LogP contribution in [0.25, 0.3) is 0 Å². The third-order valence-corrected chi connectivity index (χ3v) is 24.5. The second-order valence-electron chi connectivity index (χ2n) is 20.0. The first-order valence-corrected chi connectivity index (χ1v) is 24.9. The fourth-order valence-corrected chi connectivity index (χ4v) is 26.1. The Morgan fingerprint density at radius 2 is 1.23 bits per heavy atom. The number of benzene rings is 2. The predicted molar refractivity (Wildman–Crippen MR) is 232 cm³/mol. The first-order valence-electron chi connectivity index (χ1n) is 21.6. The molecule has 0 radical (unpaired) electrons. The Hall–Kier alpha value is -1.10. The van der Waals surface area contributed by atoms with E-state index in [0.717, 1.165) is 46.2 Å².